The van der Waals surface area contributed by atoms with Crippen molar-refractivity contribution in [2.75, 3.05) is 0 Å². The van der Waals surface area contributed by atoms with E-state index in [1.807, 2.05) is 20.8 Å². The van der Waals surface area contributed by atoms with Gasteiger partial charge in [0, 0.05) is 11.3 Å². The monoisotopic (exact) mass is 192 g/mol. The van der Waals surface area contributed by atoms with E-state index < -0.39 is 0 Å². The third kappa shape index (κ3) is 1.53. The minimum Gasteiger partial charge on any atom is -0.299 e. The Hall–Kier alpha value is -0.590. The van der Waals surface area contributed by atoms with E-state index in [1.54, 1.807) is 0 Å². The Morgan fingerprint density at radius 1 is 1.29 bits per heavy atom. The van der Waals surface area contributed by atoms with Crippen molar-refractivity contribution < 1.29 is 4.79 Å². The van der Waals surface area contributed by atoms with E-state index in [-0.39, 0.29) is 5.41 Å². The van der Waals surface area contributed by atoms with Crippen LogP contribution >= 0.6 is 0 Å². The number of allylic oxidation sites excluding steroid dienone is 2. The molecule has 0 aromatic rings. The van der Waals surface area contributed by atoms with Crippen LogP contribution in [0.2, 0.25) is 0 Å². The summed E-state index contributed by atoms with van der Waals surface area (Å²) in [6.45, 7) is 6.14. The average Bonchev–Trinajstić information content (AvgIpc) is 2.59. The first kappa shape index (κ1) is 9.95. The molecule has 0 aliphatic heterocycles. The fraction of sp³-hybridized carbons (Fsp3) is 0.769. The second-order valence-electron chi connectivity index (χ2n) is 5.79. The van der Waals surface area contributed by atoms with Gasteiger partial charge in [0.25, 0.3) is 0 Å². The first-order valence-corrected chi connectivity index (χ1v) is 5.71. The van der Waals surface area contributed by atoms with Crippen molar-refractivity contribution in [1.82, 2.24) is 0 Å². The van der Waals surface area contributed by atoms with Gasteiger partial charge in [0.05, 0.1) is 0 Å². The van der Waals surface area contributed by atoms with Crippen LogP contribution < -0.4 is 0 Å². The van der Waals surface area contributed by atoms with Gasteiger partial charge in [-0.1, -0.05) is 32.9 Å². The van der Waals surface area contributed by atoms with Crippen molar-refractivity contribution in [2.45, 2.75) is 40.0 Å². The maximum absolute atomic E-state index is 12.2. The number of fused-ring (bicyclic) bond motifs is 1. The van der Waals surface area contributed by atoms with Gasteiger partial charge >= 0.3 is 0 Å². The number of Topliss-reactive ketones (excluding diaryl/α,β-unsaturated/α-hetero) is 1. The van der Waals surface area contributed by atoms with Crippen molar-refractivity contribution in [3.63, 3.8) is 0 Å². The van der Waals surface area contributed by atoms with Crippen molar-refractivity contribution in [1.29, 1.82) is 0 Å². The van der Waals surface area contributed by atoms with Crippen molar-refractivity contribution in [2.24, 2.45) is 23.2 Å². The topological polar surface area (TPSA) is 17.1 Å². The highest BCUT2D eigenvalue weighted by molar-refractivity contribution is 5.86. The molecule has 0 radical (unpaired) electrons. The van der Waals surface area contributed by atoms with Crippen LogP contribution in [0.25, 0.3) is 0 Å². The Bertz CT molecular complexity index is 269. The molecule has 0 unspecified atom stereocenters. The van der Waals surface area contributed by atoms with Gasteiger partial charge in [-0.25, -0.2) is 0 Å². The minimum absolute atomic E-state index is 0.151. The summed E-state index contributed by atoms with van der Waals surface area (Å²) in [7, 11) is 0. The van der Waals surface area contributed by atoms with Gasteiger partial charge < -0.3 is 0 Å². The zero-order valence-corrected chi connectivity index (χ0v) is 9.42. The van der Waals surface area contributed by atoms with Gasteiger partial charge in [-0.2, -0.15) is 0 Å². The van der Waals surface area contributed by atoms with Crippen LogP contribution in [0.1, 0.15) is 40.0 Å². The molecule has 0 N–H and O–H groups in total. The Balaban J connectivity index is 2.10. The number of carbonyl (C=O) groups is 1. The molecule has 2 aliphatic rings. The van der Waals surface area contributed by atoms with Crippen LogP contribution in [-0.2, 0) is 4.79 Å². The van der Waals surface area contributed by atoms with E-state index in [0.717, 1.165) is 12.8 Å². The molecule has 2 aliphatic carbocycles. The zero-order valence-electron chi connectivity index (χ0n) is 9.42. The van der Waals surface area contributed by atoms with E-state index in [4.69, 9.17) is 0 Å². The highest BCUT2D eigenvalue weighted by Gasteiger charge is 2.43. The van der Waals surface area contributed by atoms with Crippen LogP contribution in [0.15, 0.2) is 12.2 Å². The Kier molecular flexibility index (Phi) is 2.29. The molecule has 0 saturated heterocycles. The summed E-state index contributed by atoms with van der Waals surface area (Å²) >= 11 is 0. The fourth-order valence-electron chi connectivity index (χ4n) is 2.97. The quantitative estimate of drug-likeness (QED) is 0.583. The summed E-state index contributed by atoms with van der Waals surface area (Å²) in [5, 5.41) is 0. The van der Waals surface area contributed by atoms with Crippen LogP contribution in [0.5, 0.6) is 0 Å². The molecule has 1 nitrogen and oxygen atoms in total. The Morgan fingerprint density at radius 3 is 2.64 bits per heavy atom. The lowest BCUT2D eigenvalue weighted by Gasteiger charge is -2.25. The predicted octanol–water partition coefficient (Wildman–Crippen LogP) is 3.20. The molecule has 0 bridgehead atoms. The normalized spacial score (nSPS) is 36.1. The summed E-state index contributed by atoms with van der Waals surface area (Å²) in [6, 6.07) is 0. The molecule has 78 valence electrons. The van der Waals surface area contributed by atoms with Crippen molar-refractivity contribution in [3.8, 4) is 0 Å². The minimum atomic E-state index is -0.151. The first-order chi connectivity index (χ1) is 6.50. The molecule has 0 aromatic heterocycles. The smallest absolute Gasteiger partial charge is 0.141 e. The second kappa shape index (κ2) is 3.22. The number of hydrogen-bond donors (Lipinski definition) is 0. The largest absolute Gasteiger partial charge is 0.299 e. The predicted molar refractivity (Wildman–Crippen MR) is 57.9 cm³/mol. The fourth-order valence-corrected chi connectivity index (χ4v) is 2.97. The lowest BCUT2D eigenvalue weighted by Crippen LogP contribution is -2.30. The maximum Gasteiger partial charge on any atom is 0.141 e. The van der Waals surface area contributed by atoms with Crippen molar-refractivity contribution in [3.05, 3.63) is 12.2 Å². The van der Waals surface area contributed by atoms with Crippen LogP contribution in [0.3, 0.4) is 0 Å². The Labute approximate surface area is 86.6 Å². The third-order valence-electron chi connectivity index (χ3n) is 3.75. The molecule has 14 heavy (non-hydrogen) atoms. The number of ketones is 1. The summed E-state index contributed by atoms with van der Waals surface area (Å²) in [4.78, 5) is 12.2. The van der Waals surface area contributed by atoms with E-state index in [1.165, 1.54) is 6.42 Å². The maximum atomic E-state index is 12.2. The number of hydrogen-bond acceptors (Lipinski definition) is 1. The lowest BCUT2D eigenvalue weighted by atomic mass is 9.77. The van der Waals surface area contributed by atoms with Gasteiger partial charge in [-0.3, -0.25) is 4.79 Å². The summed E-state index contributed by atoms with van der Waals surface area (Å²) in [5.74, 6) is 2.18. The first-order valence-electron chi connectivity index (χ1n) is 5.71. The second-order valence-corrected chi connectivity index (χ2v) is 5.79. The molecule has 0 amide bonds. The summed E-state index contributed by atoms with van der Waals surface area (Å²) in [5.41, 5.74) is -0.151. The SMILES string of the molecule is CC(C)(C)C(=O)[C@H]1CC[C@H]2C=CC[C@H]21. The molecule has 2 rings (SSSR count). The zero-order chi connectivity index (χ0) is 10.3. The van der Waals surface area contributed by atoms with E-state index >= 15 is 0 Å². The average molecular weight is 192 g/mol. The van der Waals surface area contributed by atoms with E-state index in [2.05, 4.69) is 12.2 Å². The molecule has 1 heteroatoms. The molecule has 0 spiro atoms. The molecule has 0 heterocycles. The third-order valence-corrected chi connectivity index (χ3v) is 3.75. The summed E-state index contributed by atoms with van der Waals surface area (Å²) < 4.78 is 0. The highest BCUT2D eigenvalue weighted by atomic mass is 16.1. The van der Waals surface area contributed by atoms with Crippen molar-refractivity contribution >= 4 is 5.78 Å². The Morgan fingerprint density at radius 2 is 2.00 bits per heavy atom. The van der Waals surface area contributed by atoms with E-state index in [0.29, 0.717) is 23.5 Å². The lowest BCUT2D eigenvalue weighted by molar-refractivity contribution is -0.131. The van der Waals surface area contributed by atoms with E-state index in [9.17, 15) is 4.79 Å². The van der Waals surface area contributed by atoms with Crippen LogP contribution in [0, 0.1) is 23.2 Å². The molecule has 1 saturated carbocycles. The number of rotatable bonds is 1. The van der Waals surface area contributed by atoms with Gasteiger partial charge in [0.1, 0.15) is 5.78 Å². The van der Waals surface area contributed by atoms with Crippen LogP contribution in [-0.4, -0.2) is 5.78 Å². The van der Waals surface area contributed by atoms with Crippen LogP contribution in [0.4, 0.5) is 0 Å². The molecule has 3 atom stereocenters. The van der Waals surface area contributed by atoms with Gasteiger partial charge in [-0.05, 0) is 31.1 Å². The van der Waals surface area contributed by atoms with Gasteiger partial charge in [-0.15, -0.1) is 0 Å². The highest BCUT2D eigenvalue weighted by Crippen LogP contribution is 2.46. The molecular formula is C13H20O. The standard InChI is InChI=1S/C13H20O/c1-13(2,3)12(14)11-8-7-9-5-4-6-10(9)11/h4-5,9-11H,6-8H2,1-3H3/t9-,10-,11+/m1/s1. The van der Waals surface area contributed by atoms with Gasteiger partial charge in [0.2, 0.25) is 0 Å². The molecular weight excluding hydrogens is 172 g/mol. The summed E-state index contributed by atoms with van der Waals surface area (Å²) in [6.07, 6.45) is 8.07. The molecule has 0 aromatic carbocycles. The number of carbonyl (C=O) groups excluding carboxylic acids is 1. The van der Waals surface area contributed by atoms with Gasteiger partial charge in [0.15, 0.2) is 0 Å². The molecule has 1 fully saturated rings.